The van der Waals surface area contributed by atoms with E-state index in [4.69, 9.17) is 18.9 Å². The van der Waals surface area contributed by atoms with E-state index < -0.39 is 0 Å². The molecule has 14 nitrogen and oxygen atoms in total. The number of anilines is 18. The van der Waals surface area contributed by atoms with Crippen molar-refractivity contribution in [1.82, 2.24) is 0 Å². The van der Waals surface area contributed by atoms with E-state index in [1.165, 1.54) is 17.5 Å². The molecule has 1 aliphatic rings. The van der Waals surface area contributed by atoms with Gasteiger partial charge < -0.3 is 68.8 Å². The van der Waals surface area contributed by atoms with Crippen LogP contribution in [0.4, 0.5) is 102 Å². The average Bonchev–Trinajstić information content (AvgIpc) is 0.758. The summed E-state index contributed by atoms with van der Waals surface area (Å²) >= 11 is 0. The van der Waals surface area contributed by atoms with Crippen LogP contribution in [0.15, 0.2) is 340 Å². The Morgan fingerprint density at radius 1 is 0.196 bits per heavy atom. The molecule has 14 aromatic carbocycles. The van der Waals surface area contributed by atoms with Gasteiger partial charge in [0.1, 0.15) is 23.0 Å². The summed E-state index contributed by atoms with van der Waals surface area (Å²) in [6, 6.07) is 118. The van der Waals surface area contributed by atoms with Gasteiger partial charge >= 0.3 is 0 Å². The van der Waals surface area contributed by atoms with Crippen LogP contribution in [0.2, 0.25) is 0 Å². The van der Waals surface area contributed by atoms with E-state index in [-0.39, 0.29) is 31.8 Å². The Kier molecular flexibility index (Phi) is 22.7. The molecule has 0 heterocycles. The first-order chi connectivity index (χ1) is 55.1. The minimum Gasteiger partial charge on any atom is -0.497 e. The molecule has 0 unspecified atom stereocenters. The zero-order valence-corrected chi connectivity index (χ0v) is 63.3. The molecule has 0 atom stereocenters. The van der Waals surface area contributed by atoms with Gasteiger partial charge in [-0.25, -0.2) is 0 Å². The molecule has 4 N–H and O–H groups in total. The summed E-state index contributed by atoms with van der Waals surface area (Å²) in [5.74, 6) is 3.05. The molecule has 15 rings (SSSR count). The van der Waals surface area contributed by atoms with Crippen molar-refractivity contribution in [2.45, 2.75) is 63.9 Å². The first-order valence-corrected chi connectivity index (χ1v) is 37.9. The maximum Gasteiger partial charge on any atom is 0.119 e. The minimum absolute atomic E-state index is 0.0498. The summed E-state index contributed by atoms with van der Waals surface area (Å²) < 4.78 is 22.4. The minimum atomic E-state index is -0.279. The van der Waals surface area contributed by atoms with Gasteiger partial charge in [0.2, 0.25) is 0 Å². The molecular formula is C98H90N6O8. The Morgan fingerprint density at radius 3 is 0.473 bits per heavy atom. The monoisotopic (exact) mass is 1480 g/mol. The van der Waals surface area contributed by atoms with Crippen LogP contribution in [0.25, 0.3) is 0 Å². The highest BCUT2D eigenvalue weighted by Gasteiger charge is 2.36. The van der Waals surface area contributed by atoms with Crippen LogP contribution in [0.1, 0.15) is 65.5 Å². The molecule has 0 bridgehead atoms. The van der Waals surface area contributed by atoms with Gasteiger partial charge in [-0.1, -0.05) is 92.1 Å². The molecule has 0 saturated heterocycles. The van der Waals surface area contributed by atoms with Crippen LogP contribution in [0, 0.1) is 0 Å². The third kappa shape index (κ3) is 15.9. The number of rotatable bonds is 28. The number of nitrogens with zero attached hydrogens (tertiary/aromatic N) is 6. The Hall–Kier alpha value is -13.1. The van der Waals surface area contributed by atoms with Gasteiger partial charge in [-0.2, -0.15) is 0 Å². The zero-order chi connectivity index (χ0) is 76.9. The Balaban J connectivity index is 0.807. The lowest BCUT2D eigenvalue weighted by Crippen LogP contribution is -2.30. The van der Waals surface area contributed by atoms with Crippen molar-refractivity contribution in [3.05, 3.63) is 373 Å². The smallest absolute Gasteiger partial charge is 0.119 e. The topological polar surface area (TPSA) is 137 Å². The maximum atomic E-state index is 10.0. The molecule has 0 aromatic heterocycles. The van der Waals surface area contributed by atoms with Crippen LogP contribution in [0.3, 0.4) is 0 Å². The molecule has 0 radical (unpaired) electrons. The van der Waals surface area contributed by atoms with Gasteiger partial charge in [-0.3, -0.25) is 0 Å². The molecule has 0 aliphatic heterocycles. The van der Waals surface area contributed by atoms with Crippen LogP contribution < -0.4 is 48.3 Å². The molecule has 14 heteroatoms. The van der Waals surface area contributed by atoms with Crippen LogP contribution >= 0.6 is 0 Å². The van der Waals surface area contributed by atoms with Gasteiger partial charge in [-0.05, 0) is 313 Å². The second-order valence-electron chi connectivity index (χ2n) is 27.9. The van der Waals surface area contributed by atoms with E-state index in [1.54, 1.807) is 28.4 Å². The molecule has 560 valence electrons. The number of hydrogen-bond donors (Lipinski definition) is 4. The van der Waals surface area contributed by atoms with E-state index in [9.17, 15) is 20.4 Å². The lowest BCUT2D eigenvalue weighted by molar-refractivity contribution is 0.281. The normalized spacial score (nSPS) is 12.3. The maximum absolute atomic E-state index is 10.0. The SMILES string of the molecule is COc1ccc(N(c2ccc(CO)cc2)c2ccc(N(c3ccc(N(c4ccc(CO)cc4)c4ccc(OC)cc4)cc3)c3ccc(C4(c5ccc(N(c6ccc(N(c7ccc(CO)cc7)c7ccc(OC)cc7)cc6)c6ccc(N(c7ccc(CO)cc7)c7ccc(OC)cc7)cc6)cc5)CCCCC4)cc3)cc2)cc1. The van der Waals surface area contributed by atoms with Gasteiger partial charge in [-0.15, -0.1) is 0 Å². The number of benzene rings is 14. The number of aliphatic hydroxyl groups excluding tert-OH is 4. The predicted molar refractivity (Wildman–Crippen MR) is 455 cm³/mol. The first-order valence-electron chi connectivity index (χ1n) is 37.9. The van der Waals surface area contributed by atoms with Crippen molar-refractivity contribution in [1.29, 1.82) is 0 Å². The van der Waals surface area contributed by atoms with Crippen LogP contribution in [-0.4, -0.2) is 48.9 Å². The lowest BCUT2D eigenvalue weighted by atomic mass is 9.65. The largest absolute Gasteiger partial charge is 0.497 e. The van der Waals surface area contributed by atoms with E-state index in [2.05, 4.69) is 224 Å². The first kappa shape index (κ1) is 74.4. The highest BCUT2D eigenvalue weighted by Crippen LogP contribution is 2.50. The zero-order valence-electron chi connectivity index (χ0n) is 63.3. The highest BCUT2D eigenvalue weighted by atomic mass is 16.5. The lowest BCUT2D eigenvalue weighted by Gasteiger charge is -2.39. The Labute approximate surface area is 655 Å². The number of aliphatic hydroxyl groups is 4. The number of ether oxygens (including phenoxy) is 4. The summed E-state index contributed by atoms with van der Waals surface area (Å²) in [5.41, 5.74) is 22.8. The van der Waals surface area contributed by atoms with Crippen molar-refractivity contribution >= 4 is 102 Å². The third-order valence-corrected chi connectivity index (χ3v) is 21.4. The molecule has 1 aliphatic carbocycles. The Morgan fingerprint density at radius 2 is 0.330 bits per heavy atom. The fourth-order valence-corrected chi connectivity index (χ4v) is 15.4. The fourth-order valence-electron chi connectivity index (χ4n) is 15.4. The summed E-state index contributed by atoms with van der Waals surface area (Å²) in [6.07, 6.45) is 5.34. The van der Waals surface area contributed by atoms with E-state index in [1.807, 2.05) is 146 Å². The van der Waals surface area contributed by atoms with Crippen LogP contribution in [0.5, 0.6) is 23.0 Å². The van der Waals surface area contributed by atoms with Gasteiger partial charge in [0, 0.05) is 108 Å². The van der Waals surface area contributed by atoms with E-state index >= 15 is 0 Å². The molecule has 0 spiro atoms. The molecule has 14 aromatic rings. The predicted octanol–water partition coefficient (Wildman–Crippen LogP) is 23.8. The fraction of sp³-hybridized carbons (Fsp3) is 0.143. The standard InChI is InChI=1S/C98H90N6O8/c1-109-94-56-48-90(49-57-94)99(76-20-8-70(66-105)9-21-76)82-32-40-86(41-33-82)103(87-42-34-83(35-43-87)100(77-22-10-71(67-106)11-23-77)91-50-58-95(110-2)59-51-91)80-28-16-74(17-29-80)98(64-6-5-7-65-98)75-18-30-81(31-19-75)104(88-44-36-84(37-45-88)101(78-24-12-72(68-107)13-25-78)92-52-60-96(111-3)61-53-92)89-46-38-85(39-47-89)102(79-26-14-73(69-108)15-27-79)93-54-62-97(112-4)63-55-93/h8-63,105-108H,5-7,64-69H2,1-4H3. The molecule has 0 amide bonds. The number of hydrogen-bond acceptors (Lipinski definition) is 14. The Bertz CT molecular complexity index is 4540. The summed E-state index contributed by atoms with van der Waals surface area (Å²) in [7, 11) is 6.70. The number of methoxy groups -OCH3 is 4. The van der Waals surface area contributed by atoms with Crippen molar-refractivity contribution in [2.75, 3.05) is 57.8 Å². The van der Waals surface area contributed by atoms with E-state index in [0.717, 1.165) is 173 Å². The molecule has 1 saturated carbocycles. The third-order valence-electron chi connectivity index (χ3n) is 21.4. The second-order valence-corrected chi connectivity index (χ2v) is 27.9. The highest BCUT2D eigenvalue weighted by molar-refractivity contribution is 5.87. The van der Waals surface area contributed by atoms with Crippen molar-refractivity contribution < 1.29 is 39.4 Å². The van der Waals surface area contributed by atoms with Crippen molar-refractivity contribution in [3.8, 4) is 23.0 Å². The van der Waals surface area contributed by atoms with Crippen molar-refractivity contribution in [3.63, 3.8) is 0 Å². The van der Waals surface area contributed by atoms with E-state index in [0.29, 0.717) is 0 Å². The van der Waals surface area contributed by atoms with Crippen LogP contribution in [-0.2, 0) is 31.8 Å². The molecular weight excluding hydrogens is 1390 g/mol. The van der Waals surface area contributed by atoms with Gasteiger partial charge in [0.05, 0.1) is 54.9 Å². The summed E-state index contributed by atoms with van der Waals surface area (Å²) in [4.78, 5) is 13.5. The van der Waals surface area contributed by atoms with Gasteiger partial charge in [0.25, 0.3) is 0 Å². The molecule has 112 heavy (non-hydrogen) atoms. The second kappa shape index (κ2) is 34.2. The molecule has 1 fully saturated rings. The summed E-state index contributed by atoms with van der Waals surface area (Å²) in [5, 5.41) is 40.2. The van der Waals surface area contributed by atoms with Crippen molar-refractivity contribution in [2.24, 2.45) is 0 Å². The average molecular weight is 1480 g/mol. The van der Waals surface area contributed by atoms with Gasteiger partial charge in [0.15, 0.2) is 0 Å². The quantitative estimate of drug-likeness (QED) is 0.0370. The summed E-state index contributed by atoms with van der Waals surface area (Å²) in [6.45, 7) is -0.199.